The second-order valence-corrected chi connectivity index (χ2v) is 10.6. The smallest absolute Gasteiger partial charge is 0.191 e. The summed E-state index contributed by atoms with van der Waals surface area (Å²) in [6.45, 7) is 7.80. The minimum atomic E-state index is -1.36. The zero-order chi connectivity index (χ0) is 22.6. The van der Waals surface area contributed by atoms with Crippen LogP contribution in [-0.4, -0.2) is 27.7 Å². The first-order valence-corrected chi connectivity index (χ1v) is 11.6. The summed E-state index contributed by atoms with van der Waals surface area (Å²) in [5.74, 6) is 0. The fraction of sp³-hybridized carbons (Fsp3) is 0.231. The van der Waals surface area contributed by atoms with Crippen molar-refractivity contribution in [2.75, 3.05) is 7.11 Å². The van der Waals surface area contributed by atoms with E-state index in [0.29, 0.717) is 5.05 Å². The highest BCUT2D eigenvalue weighted by atomic mass is 32.2. The molecule has 0 aliphatic carbocycles. The normalized spacial score (nSPS) is 12.7. The number of nitrogens with zero attached hydrogens (tertiary/aromatic N) is 1. The zero-order valence-electron chi connectivity index (χ0n) is 18.5. The Kier molecular flexibility index (Phi) is 7.31. The number of hydrogen-bond acceptors (Lipinski definition) is 4. The van der Waals surface area contributed by atoms with Gasteiger partial charge in [-0.3, -0.25) is 0 Å². The lowest BCUT2D eigenvalue weighted by molar-refractivity contribution is 0.416. The third kappa shape index (κ3) is 5.42. The Balaban J connectivity index is 2.22. The second-order valence-electron chi connectivity index (χ2n) is 8.25. The van der Waals surface area contributed by atoms with E-state index in [1.807, 2.05) is 51.1 Å². The van der Waals surface area contributed by atoms with Gasteiger partial charge in [0.1, 0.15) is 16.1 Å². The molecule has 0 amide bonds. The quantitative estimate of drug-likeness (QED) is 0.253. The average Bonchev–Trinajstić information content (AvgIpc) is 2.76. The van der Waals surface area contributed by atoms with E-state index in [0.717, 1.165) is 38.9 Å². The molecular formula is C26H27NO2S2. The number of aryl methyl sites for hydroxylation is 1. The molecule has 0 N–H and O–H groups in total. The third-order valence-corrected chi connectivity index (χ3v) is 6.65. The Morgan fingerprint density at radius 2 is 1.71 bits per heavy atom. The van der Waals surface area contributed by atoms with Crippen LogP contribution in [0.15, 0.2) is 71.1 Å². The van der Waals surface area contributed by atoms with Crippen LogP contribution in [0.1, 0.15) is 37.5 Å². The van der Waals surface area contributed by atoms with Gasteiger partial charge in [0.25, 0.3) is 0 Å². The topological polar surface area (TPSA) is 44.6 Å². The van der Waals surface area contributed by atoms with Crippen LogP contribution in [0.5, 0.6) is 0 Å². The zero-order valence-corrected chi connectivity index (χ0v) is 20.1. The van der Waals surface area contributed by atoms with E-state index >= 15 is 0 Å². The molecule has 0 saturated carbocycles. The Labute approximate surface area is 193 Å². The lowest BCUT2D eigenvalue weighted by Gasteiger charge is -2.19. The summed E-state index contributed by atoms with van der Waals surface area (Å²) in [6, 6.07) is 22.4. The van der Waals surface area contributed by atoms with Gasteiger partial charge in [0.15, 0.2) is 5.05 Å². The minimum absolute atomic E-state index is 0.431. The van der Waals surface area contributed by atoms with Crippen molar-refractivity contribution in [2.45, 2.75) is 32.4 Å². The molecule has 3 aromatic carbocycles. The summed E-state index contributed by atoms with van der Waals surface area (Å²) in [6.07, 6.45) is 1.72. The molecule has 1 unspecified atom stereocenters. The number of ether oxygens (including phenoxy) is 1. The Hall–Kier alpha value is -2.47. The van der Waals surface area contributed by atoms with Gasteiger partial charge in [-0.15, -0.1) is 0 Å². The van der Waals surface area contributed by atoms with Crippen molar-refractivity contribution < 1.29 is 9.29 Å². The van der Waals surface area contributed by atoms with E-state index in [9.17, 15) is 4.55 Å². The molecule has 0 aliphatic heterocycles. The van der Waals surface area contributed by atoms with Crippen LogP contribution in [0.25, 0.3) is 22.3 Å². The number of methoxy groups -OCH3 is 1. The van der Waals surface area contributed by atoms with Crippen LogP contribution in [0.3, 0.4) is 0 Å². The van der Waals surface area contributed by atoms with Crippen molar-refractivity contribution in [3.63, 3.8) is 0 Å². The van der Waals surface area contributed by atoms with Crippen molar-refractivity contribution in [3.05, 3.63) is 83.4 Å². The van der Waals surface area contributed by atoms with Crippen molar-refractivity contribution in [2.24, 2.45) is 4.40 Å². The highest BCUT2D eigenvalue weighted by Gasteiger charge is 2.26. The third-order valence-electron chi connectivity index (χ3n) is 4.92. The molecule has 3 nitrogen and oxygen atoms in total. The molecule has 0 bridgehead atoms. The van der Waals surface area contributed by atoms with Crippen molar-refractivity contribution in [1.29, 1.82) is 0 Å². The summed E-state index contributed by atoms with van der Waals surface area (Å²) >= 11 is 4.11. The molecule has 0 aliphatic rings. The van der Waals surface area contributed by atoms with Gasteiger partial charge in [0, 0.05) is 11.1 Å². The van der Waals surface area contributed by atoms with Gasteiger partial charge < -0.3 is 9.29 Å². The summed E-state index contributed by atoms with van der Waals surface area (Å²) < 4.78 is 21.9. The van der Waals surface area contributed by atoms with Crippen LogP contribution in [0.4, 0.5) is 0 Å². The maximum atomic E-state index is 12.6. The first kappa shape index (κ1) is 23.2. The van der Waals surface area contributed by atoms with E-state index in [1.165, 1.54) is 0 Å². The fourth-order valence-electron chi connectivity index (χ4n) is 3.28. The maximum Gasteiger partial charge on any atom is 0.191 e. The predicted molar refractivity (Wildman–Crippen MR) is 136 cm³/mol. The summed E-state index contributed by atoms with van der Waals surface area (Å²) in [7, 11) is 1.59. The molecular weight excluding hydrogens is 422 g/mol. The highest BCUT2D eigenvalue weighted by Crippen LogP contribution is 2.33. The van der Waals surface area contributed by atoms with Crippen LogP contribution in [-0.2, 0) is 16.1 Å². The summed E-state index contributed by atoms with van der Waals surface area (Å²) in [4.78, 5) is 0. The van der Waals surface area contributed by atoms with Gasteiger partial charge in [-0.1, -0.05) is 59.0 Å². The van der Waals surface area contributed by atoms with Crippen molar-refractivity contribution in [3.8, 4) is 22.3 Å². The maximum absolute atomic E-state index is 12.6. The molecule has 0 heterocycles. The first-order chi connectivity index (χ1) is 14.7. The van der Waals surface area contributed by atoms with E-state index < -0.39 is 16.1 Å². The second kappa shape index (κ2) is 9.77. The molecule has 0 saturated heterocycles. The van der Waals surface area contributed by atoms with E-state index in [4.69, 9.17) is 17.0 Å². The standard InChI is InChI=1S/C26H27NO2S2/c1-18-10-9-13-23(25(30)29-5)24(18)22-15-14-20(19-11-7-6-8-12-19)16-21(22)17-27-31(28)26(2,3)4/h6-17H,1-5H3. The number of rotatable bonds is 5. The molecule has 3 rings (SSSR count). The number of benzene rings is 3. The van der Waals surface area contributed by atoms with Gasteiger partial charge in [-0.05, 0) is 79.9 Å². The van der Waals surface area contributed by atoms with Crippen LogP contribution < -0.4 is 0 Å². The molecule has 0 fully saturated rings. The largest absolute Gasteiger partial charge is 0.591 e. The molecule has 31 heavy (non-hydrogen) atoms. The molecule has 1 atom stereocenters. The van der Waals surface area contributed by atoms with Gasteiger partial charge in [-0.25, -0.2) is 0 Å². The molecule has 5 heteroatoms. The number of thiocarbonyl (C=S) groups is 1. The summed E-state index contributed by atoms with van der Waals surface area (Å²) in [5.41, 5.74) is 6.97. The average molecular weight is 450 g/mol. The molecule has 0 aromatic heterocycles. The van der Waals surface area contributed by atoms with E-state index in [2.05, 4.69) is 47.7 Å². The number of hydrogen-bond donors (Lipinski definition) is 0. The molecule has 160 valence electrons. The fourth-order valence-corrected chi connectivity index (χ4v) is 3.97. The van der Waals surface area contributed by atoms with Crippen LogP contribution >= 0.6 is 12.2 Å². The lowest BCUT2D eigenvalue weighted by Crippen LogP contribution is -2.25. The SMILES string of the molecule is COC(=S)c1cccc(C)c1-c1ccc(-c2ccccc2)cc1C=N[S+]([O-])C(C)(C)C. The van der Waals surface area contributed by atoms with Crippen molar-refractivity contribution >= 4 is 34.8 Å². The monoisotopic (exact) mass is 449 g/mol. The minimum Gasteiger partial charge on any atom is -0.591 e. The molecule has 0 spiro atoms. The van der Waals surface area contributed by atoms with Gasteiger partial charge >= 0.3 is 0 Å². The Morgan fingerprint density at radius 3 is 2.35 bits per heavy atom. The van der Waals surface area contributed by atoms with Gasteiger partial charge in [0.05, 0.1) is 13.3 Å². The summed E-state index contributed by atoms with van der Waals surface area (Å²) in [5, 5.41) is 0.437. The van der Waals surface area contributed by atoms with Gasteiger partial charge in [0.2, 0.25) is 0 Å². The van der Waals surface area contributed by atoms with E-state index in [1.54, 1.807) is 13.3 Å². The molecule has 0 radical (unpaired) electrons. The predicted octanol–water partition coefficient (Wildman–Crippen LogP) is 6.53. The Bertz CT molecular complexity index is 1100. The Morgan fingerprint density at radius 1 is 1.00 bits per heavy atom. The highest BCUT2D eigenvalue weighted by molar-refractivity contribution is 7.91. The van der Waals surface area contributed by atoms with Crippen LogP contribution in [0, 0.1) is 6.92 Å². The van der Waals surface area contributed by atoms with Gasteiger partial charge in [-0.2, -0.15) is 0 Å². The van der Waals surface area contributed by atoms with E-state index in [-0.39, 0.29) is 0 Å². The lowest BCUT2D eigenvalue weighted by atomic mass is 9.90. The molecule has 3 aromatic rings. The first-order valence-electron chi connectivity index (χ1n) is 10.1. The van der Waals surface area contributed by atoms with Crippen LogP contribution in [0.2, 0.25) is 0 Å². The van der Waals surface area contributed by atoms with Crippen molar-refractivity contribution in [1.82, 2.24) is 0 Å².